The Kier molecular flexibility index (Phi) is 16.9. The zero-order valence-electron chi connectivity index (χ0n) is 29.6. The molecule has 6 atom stereocenters. The fourth-order valence-corrected chi connectivity index (χ4v) is 6.56. The molecule has 1 aromatic carbocycles. The summed E-state index contributed by atoms with van der Waals surface area (Å²) < 4.78 is 11.6. The Hall–Kier alpha value is -3.51. The molecule has 2 rings (SSSR count). The Morgan fingerprint density at radius 1 is 1.02 bits per heavy atom. The van der Waals surface area contributed by atoms with Crippen molar-refractivity contribution in [2.45, 2.75) is 96.6 Å². The highest BCUT2D eigenvalue weighted by atomic mass is 16.5. The van der Waals surface area contributed by atoms with Crippen LogP contribution in [0.3, 0.4) is 0 Å². The van der Waals surface area contributed by atoms with E-state index in [9.17, 15) is 24.0 Å². The third kappa shape index (κ3) is 11.6. The molecule has 2 N–H and O–H groups in total. The summed E-state index contributed by atoms with van der Waals surface area (Å²) in [5, 5.41) is 5.66. The second-order valence-corrected chi connectivity index (χ2v) is 12.9. The van der Waals surface area contributed by atoms with Crippen LogP contribution in [0.5, 0.6) is 0 Å². The summed E-state index contributed by atoms with van der Waals surface area (Å²) in [5.41, 5.74) is 1.14. The Labute approximate surface area is 280 Å². The Bertz CT molecular complexity index is 1150. The normalized spacial score (nSPS) is 17.7. The highest BCUT2D eigenvalue weighted by Gasteiger charge is 2.40. The van der Waals surface area contributed by atoms with Gasteiger partial charge < -0.3 is 34.8 Å². The van der Waals surface area contributed by atoms with Crippen LogP contribution in [0.2, 0.25) is 0 Å². The number of methoxy groups -OCH3 is 2. The highest BCUT2D eigenvalue weighted by molar-refractivity contribution is 5.88. The first-order valence-electron chi connectivity index (χ1n) is 16.8. The molecule has 1 heterocycles. The lowest BCUT2D eigenvalue weighted by molar-refractivity contribution is -0.144. The van der Waals surface area contributed by atoms with E-state index in [0.29, 0.717) is 19.5 Å². The monoisotopic (exact) mass is 659 g/mol. The van der Waals surface area contributed by atoms with Gasteiger partial charge in [-0.05, 0) is 36.7 Å². The van der Waals surface area contributed by atoms with E-state index in [1.54, 1.807) is 24.0 Å². The Morgan fingerprint density at radius 2 is 1.70 bits per heavy atom. The molecule has 0 radical (unpaired) electrons. The van der Waals surface area contributed by atoms with Crippen LogP contribution in [0.1, 0.15) is 65.4 Å². The second-order valence-electron chi connectivity index (χ2n) is 12.9. The SMILES string of the molecule is CCC(C)C(C(CC(=O)N1CCCC1C(CC(=O)NCCc1ccccc1)OC)OC)N(C)C(=O)CNC(=O)C(C(C)C)N(C)C=O. The summed E-state index contributed by atoms with van der Waals surface area (Å²) in [5.74, 6) is -1.13. The van der Waals surface area contributed by atoms with E-state index < -0.39 is 30.2 Å². The molecule has 0 aromatic heterocycles. The minimum Gasteiger partial charge on any atom is -0.379 e. The highest BCUT2D eigenvalue weighted by Crippen LogP contribution is 2.27. The van der Waals surface area contributed by atoms with Crippen molar-refractivity contribution in [1.82, 2.24) is 25.3 Å². The van der Waals surface area contributed by atoms with Crippen molar-refractivity contribution < 1.29 is 33.4 Å². The van der Waals surface area contributed by atoms with E-state index in [-0.39, 0.29) is 55.0 Å². The maximum absolute atomic E-state index is 13.8. The van der Waals surface area contributed by atoms with Crippen LogP contribution in [0, 0.1) is 11.8 Å². The van der Waals surface area contributed by atoms with Crippen molar-refractivity contribution in [1.29, 1.82) is 0 Å². The smallest absolute Gasteiger partial charge is 0.243 e. The molecule has 12 heteroatoms. The minimum absolute atomic E-state index is 0.0114. The van der Waals surface area contributed by atoms with Gasteiger partial charge in [-0.1, -0.05) is 64.4 Å². The summed E-state index contributed by atoms with van der Waals surface area (Å²) >= 11 is 0. The Balaban J connectivity index is 2.06. The molecule has 0 aliphatic carbocycles. The van der Waals surface area contributed by atoms with Gasteiger partial charge in [0.05, 0.1) is 43.7 Å². The molecule has 6 unspecified atom stereocenters. The van der Waals surface area contributed by atoms with Gasteiger partial charge in [-0.3, -0.25) is 24.0 Å². The fraction of sp³-hybridized carbons (Fsp3) is 0.686. The third-order valence-corrected chi connectivity index (χ3v) is 9.36. The number of hydrogen-bond donors (Lipinski definition) is 2. The van der Waals surface area contributed by atoms with Crippen LogP contribution < -0.4 is 10.6 Å². The summed E-state index contributed by atoms with van der Waals surface area (Å²) in [7, 11) is 6.30. The molecular weight excluding hydrogens is 602 g/mol. The minimum atomic E-state index is -0.704. The number of nitrogens with zero attached hydrogens (tertiary/aromatic N) is 3. The van der Waals surface area contributed by atoms with Gasteiger partial charge >= 0.3 is 0 Å². The van der Waals surface area contributed by atoms with Gasteiger partial charge in [0.25, 0.3) is 0 Å². The molecule has 264 valence electrons. The van der Waals surface area contributed by atoms with Crippen LogP contribution in [0.25, 0.3) is 0 Å². The molecule has 1 aliphatic rings. The molecule has 12 nitrogen and oxygen atoms in total. The summed E-state index contributed by atoms with van der Waals surface area (Å²) in [6.07, 6.45) is 2.72. The van der Waals surface area contributed by atoms with E-state index in [2.05, 4.69) is 10.6 Å². The molecule has 1 aliphatic heterocycles. The maximum Gasteiger partial charge on any atom is 0.243 e. The number of carbonyl (C=O) groups excluding carboxylic acids is 5. The number of rotatable bonds is 20. The van der Waals surface area contributed by atoms with Gasteiger partial charge in [0.2, 0.25) is 30.0 Å². The molecule has 1 fully saturated rings. The van der Waals surface area contributed by atoms with E-state index in [4.69, 9.17) is 9.47 Å². The second kappa shape index (κ2) is 20.0. The summed E-state index contributed by atoms with van der Waals surface area (Å²) in [6, 6.07) is 8.56. The van der Waals surface area contributed by atoms with Gasteiger partial charge in [0.15, 0.2) is 0 Å². The number of carbonyl (C=O) groups is 5. The van der Waals surface area contributed by atoms with Gasteiger partial charge in [0, 0.05) is 41.4 Å². The summed E-state index contributed by atoms with van der Waals surface area (Å²) in [4.78, 5) is 68.8. The first-order valence-corrected chi connectivity index (χ1v) is 16.8. The molecule has 1 saturated heterocycles. The quantitative estimate of drug-likeness (QED) is 0.205. The zero-order chi connectivity index (χ0) is 35.1. The van der Waals surface area contributed by atoms with E-state index in [0.717, 1.165) is 31.2 Å². The largest absolute Gasteiger partial charge is 0.379 e. The van der Waals surface area contributed by atoms with Crippen molar-refractivity contribution in [3.05, 3.63) is 35.9 Å². The topological polar surface area (TPSA) is 138 Å². The van der Waals surface area contributed by atoms with E-state index in [1.165, 1.54) is 19.1 Å². The number of benzene rings is 1. The van der Waals surface area contributed by atoms with Crippen molar-refractivity contribution >= 4 is 30.0 Å². The lowest BCUT2D eigenvalue weighted by Gasteiger charge is -2.39. The lowest BCUT2D eigenvalue weighted by Crippen LogP contribution is -2.55. The van der Waals surface area contributed by atoms with Gasteiger partial charge in [0.1, 0.15) is 6.04 Å². The van der Waals surface area contributed by atoms with Gasteiger partial charge in [-0.25, -0.2) is 0 Å². The zero-order valence-corrected chi connectivity index (χ0v) is 29.6. The van der Waals surface area contributed by atoms with Crippen molar-refractivity contribution in [3.63, 3.8) is 0 Å². The molecule has 5 amide bonds. The number of likely N-dealkylation sites (N-methyl/N-ethyl adjacent to an activating group) is 2. The van der Waals surface area contributed by atoms with Crippen molar-refractivity contribution in [2.75, 3.05) is 47.9 Å². The van der Waals surface area contributed by atoms with Crippen molar-refractivity contribution in [3.8, 4) is 0 Å². The molecule has 0 spiro atoms. The average Bonchev–Trinajstić information content (AvgIpc) is 3.55. The lowest BCUT2D eigenvalue weighted by atomic mass is 9.90. The summed E-state index contributed by atoms with van der Waals surface area (Å²) in [6.45, 7) is 8.50. The number of hydrogen-bond acceptors (Lipinski definition) is 7. The average molecular weight is 660 g/mol. The fourth-order valence-electron chi connectivity index (χ4n) is 6.56. The molecule has 47 heavy (non-hydrogen) atoms. The first kappa shape index (κ1) is 39.7. The third-order valence-electron chi connectivity index (χ3n) is 9.36. The predicted octanol–water partition coefficient (Wildman–Crippen LogP) is 2.25. The number of amides is 5. The number of ether oxygens (including phenoxy) is 2. The van der Waals surface area contributed by atoms with Gasteiger partial charge in [-0.2, -0.15) is 0 Å². The standard InChI is InChI=1S/C35H57N5O7/c1-9-25(4)34(39(6)32(44)22-37-35(45)33(24(2)3)38(5)23-41)29(47-8)21-31(43)40-19-13-16-27(40)28(46-7)20-30(42)36-18-17-26-14-11-10-12-15-26/h10-12,14-15,23-25,27-29,33-34H,9,13,16-22H2,1-8H3,(H,36,42)(H,37,45). The maximum atomic E-state index is 13.8. The Morgan fingerprint density at radius 3 is 2.28 bits per heavy atom. The predicted molar refractivity (Wildman–Crippen MR) is 180 cm³/mol. The van der Waals surface area contributed by atoms with Gasteiger partial charge in [-0.15, -0.1) is 0 Å². The van der Waals surface area contributed by atoms with E-state index >= 15 is 0 Å². The molecular formula is C35H57N5O7. The first-order chi connectivity index (χ1) is 22.4. The molecule has 1 aromatic rings. The van der Waals surface area contributed by atoms with Crippen LogP contribution in [0.15, 0.2) is 30.3 Å². The number of nitrogens with one attached hydrogen (secondary N) is 2. The number of likely N-dealkylation sites (tertiary alicyclic amines) is 1. The van der Waals surface area contributed by atoms with E-state index in [1.807, 2.05) is 58.0 Å². The van der Waals surface area contributed by atoms with Crippen LogP contribution in [0.4, 0.5) is 0 Å². The molecule has 0 bridgehead atoms. The van der Waals surface area contributed by atoms with Crippen LogP contribution >= 0.6 is 0 Å². The van der Waals surface area contributed by atoms with Crippen LogP contribution in [-0.2, 0) is 39.9 Å². The molecule has 0 saturated carbocycles. The van der Waals surface area contributed by atoms with Crippen molar-refractivity contribution in [2.24, 2.45) is 11.8 Å². The van der Waals surface area contributed by atoms with Crippen LogP contribution in [-0.4, -0.2) is 123 Å².